The van der Waals surface area contributed by atoms with Crippen LogP contribution in [0, 0.1) is 6.92 Å². The molecule has 1 aromatic carbocycles. The zero-order chi connectivity index (χ0) is 13.4. The first kappa shape index (κ1) is 12.2. The first-order chi connectivity index (χ1) is 9.20. The van der Waals surface area contributed by atoms with Gasteiger partial charge in [0.1, 0.15) is 10.8 Å². The lowest BCUT2D eigenvalue weighted by Gasteiger charge is -2.02. The highest BCUT2D eigenvalue weighted by molar-refractivity contribution is 6.29. The maximum atomic E-state index is 6.22. The van der Waals surface area contributed by atoms with E-state index in [2.05, 4.69) is 4.98 Å². The van der Waals surface area contributed by atoms with Crippen LogP contribution in [0.5, 0.6) is 0 Å². The van der Waals surface area contributed by atoms with E-state index in [-0.39, 0.29) is 0 Å². The van der Waals surface area contributed by atoms with Crippen molar-refractivity contribution in [3.05, 3.63) is 58.9 Å². The summed E-state index contributed by atoms with van der Waals surface area (Å²) in [4.78, 5) is 4.65. The van der Waals surface area contributed by atoms with E-state index >= 15 is 0 Å². The van der Waals surface area contributed by atoms with Gasteiger partial charge in [0.25, 0.3) is 0 Å². The Hall–Kier alpha value is -1.84. The minimum absolute atomic E-state index is 0.552. The van der Waals surface area contributed by atoms with Crippen LogP contribution in [0.3, 0.4) is 0 Å². The molecular weight excluding hydrogens is 258 g/mol. The Morgan fingerprint density at radius 2 is 1.89 bits per heavy atom. The summed E-state index contributed by atoms with van der Waals surface area (Å²) in [6.45, 7) is 2.58. The van der Waals surface area contributed by atoms with Gasteiger partial charge in [-0.25, -0.2) is 4.98 Å². The number of fused-ring (bicyclic) bond motifs is 1. The van der Waals surface area contributed by atoms with Crippen molar-refractivity contribution in [3.63, 3.8) is 0 Å². The summed E-state index contributed by atoms with van der Waals surface area (Å²) in [7, 11) is 0. The second kappa shape index (κ2) is 4.68. The molecule has 2 aromatic heterocycles. The normalized spacial score (nSPS) is 11.1. The van der Waals surface area contributed by atoms with Crippen molar-refractivity contribution in [1.82, 2.24) is 9.38 Å². The molecule has 0 aliphatic heterocycles. The molecular formula is C15H14ClN3. The van der Waals surface area contributed by atoms with Crippen molar-refractivity contribution in [2.75, 3.05) is 0 Å². The molecule has 19 heavy (non-hydrogen) atoms. The van der Waals surface area contributed by atoms with Crippen molar-refractivity contribution in [3.8, 4) is 11.3 Å². The Labute approximate surface area is 116 Å². The number of aryl methyl sites for hydroxylation is 1. The number of hydrogen-bond donors (Lipinski definition) is 1. The largest absolute Gasteiger partial charge is 0.326 e. The zero-order valence-electron chi connectivity index (χ0n) is 10.6. The van der Waals surface area contributed by atoms with Crippen LogP contribution >= 0.6 is 11.6 Å². The minimum Gasteiger partial charge on any atom is -0.326 e. The molecule has 0 unspecified atom stereocenters. The fourth-order valence-corrected chi connectivity index (χ4v) is 2.55. The summed E-state index contributed by atoms with van der Waals surface area (Å²) in [5.41, 5.74) is 10.7. The highest BCUT2D eigenvalue weighted by Crippen LogP contribution is 2.26. The number of benzene rings is 1. The number of pyridine rings is 1. The highest BCUT2D eigenvalue weighted by atomic mass is 35.5. The van der Waals surface area contributed by atoms with E-state index in [1.165, 1.54) is 0 Å². The fraction of sp³-hybridized carbons (Fsp3) is 0.133. The van der Waals surface area contributed by atoms with Gasteiger partial charge >= 0.3 is 0 Å². The van der Waals surface area contributed by atoms with Gasteiger partial charge in [-0.1, -0.05) is 41.9 Å². The first-order valence-corrected chi connectivity index (χ1v) is 6.51. The summed E-state index contributed by atoms with van der Waals surface area (Å²) < 4.78 is 1.95. The number of rotatable bonds is 2. The molecule has 4 heteroatoms. The minimum atomic E-state index is 0.552. The van der Waals surface area contributed by atoms with Crippen LogP contribution in [-0.2, 0) is 6.54 Å². The van der Waals surface area contributed by atoms with Gasteiger partial charge in [0, 0.05) is 17.8 Å². The molecule has 0 fully saturated rings. The SMILES string of the molecule is Cc1c(-c2ccc(CN)cc2)nc2cccc(Cl)n12. The van der Waals surface area contributed by atoms with Gasteiger partial charge < -0.3 is 5.73 Å². The Morgan fingerprint density at radius 1 is 1.16 bits per heavy atom. The molecule has 0 saturated carbocycles. The Bertz CT molecular complexity index is 729. The van der Waals surface area contributed by atoms with Gasteiger partial charge in [0.2, 0.25) is 0 Å². The van der Waals surface area contributed by atoms with Crippen LogP contribution in [0.25, 0.3) is 16.9 Å². The van der Waals surface area contributed by atoms with E-state index in [4.69, 9.17) is 17.3 Å². The van der Waals surface area contributed by atoms with Crippen molar-refractivity contribution >= 4 is 17.2 Å². The monoisotopic (exact) mass is 271 g/mol. The standard InChI is InChI=1S/C15H14ClN3/c1-10-15(12-7-5-11(9-17)6-8-12)18-14-4-2-3-13(16)19(10)14/h2-8H,9,17H2,1H3. The third-order valence-corrected chi connectivity index (χ3v) is 3.58. The summed E-state index contributed by atoms with van der Waals surface area (Å²) in [5, 5.41) is 0.673. The molecule has 3 nitrogen and oxygen atoms in total. The van der Waals surface area contributed by atoms with Gasteiger partial charge in [0.15, 0.2) is 0 Å². The molecule has 2 N–H and O–H groups in total. The zero-order valence-corrected chi connectivity index (χ0v) is 11.4. The van der Waals surface area contributed by atoms with Crippen molar-refractivity contribution in [2.24, 2.45) is 5.73 Å². The van der Waals surface area contributed by atoms with E-state index in [0.717, 1.165) is 28.2 Å². The molecule has 0 amide bonds. The second-order valence-electron chi connectivity index (χ2n) is 4.49. The van der Waals surface area contributed by atoms with Gasteiger partial charge in [-0.15, -0.1) is 0 Å². The maximum absolute atomic E-state index is 6.22. The molecule has 96 valence electrons. The Morgan fingerprint density at radius 3 is 2.53 bits per heavy atom. The van der Waals surface area contributed by atoms with Gasteiger partial charge in [0.05, 0.1) is 5.69 Å². The number of hydrogen-bond acceptors (Lipinski definition) is 2. The molecule has 3 rings (SSSR count). The highest BCUT2D eigenvalue weighted by Gasteiger charge is 2.11. The van der Waals surface area contributed by atoms with E-state index in [1.807, 2.05) is 53.8 Å². The van der Waals surface area contributed by atoms with Gasteiger partial charge in [-0.05, 0) is 24.6 Å². The average molecular weight is 272 g/mol. The lowest BCUT2D eigenvalue weighted by atomic mass is 10.1. The maximum Gasteiger partial charge on any atom is 0.138 e. The van der Waals surface area contributed by atoms with Gasteiger partial charge in [-0.3, -0.25) is 4.40 Å². The molecule has 0 bridgehead atoms. The lowest BCUT2D eigenvalue weighted by Crippen LogP contribution is -1.95. The Kier molecular flexibility index (Phi) is 3.01. The number of aromatic nitrogens is 2. The van der Waals surface area contributed by atoms with E-state index in [0.29, 0.717) is 11.7 Å². The van der Waals surface area contributed by atoms with Crippen LogP contribution in [-0.4, -0.2) is 9.38 Å². The average Bonchev–Trinajstić information content (AvgIpc) is 2.78. The van der Waals surface area contributed by atoms with Crippen molar-refractivity contribution in [2.45, 2.75) is 13.5 Å². The van der Waals surface area contributed by atoms with Crippen molar-refractivity contribution in [1.29, 1.82) is 0 Å². The third kappa shape index (κ3) is 2.01. The number of nitrogens with two attached hydrogens (primary N) is 1. The fourth-order valence-electron chi connectivity index (χ4n) is 2.26. The van der Waals surface area contributed by atoms with Crippen LogP contribution < -0.4 is 5.73 Å². The van der Waals surface area contributed by atoms with E-state index in [9.17, 15) is 0 Å². The van der Waals surface area contributed by atoms with Crippen LogP contribution in [0.15, 0.2) is 42.5 Å². The van der Waals surface area contributed by atoms with E-state index < -0.39 is 0 Å². The topological polar surface area (TPSA) is 43.3 Å². The van der Waals surface area contributed by atoms with E-state index in [1.54, 1.807) is 0 Å². The van der Waals surface area contributed by atoms with Gasteiger partial charge in [-0.2, -0.15) is 0 Å². The summed E-state index contributed by atoms with van der Waals surface area (Å²) in [6.07, 6.45) is 0. The van der Waals surface area contributed by atoms with Crippen LogP contribution in [0.1, 0.15) is 11.3 Å². The Balaban J connectivity index is 2.19. The molecule has 0 aliphatic rings. The smallest absolute Gasteiger partial charge is 0.138 e. The molecule has 0 radical (unpaired) electrons. The molecule has 3 aromatic rings. The number of halogens is 1. The summed E-state index contributed by atoms with van der Waals surface area (Å²) >= 11 is 6.22. The third-order valence-electron chi connectivity index (χ3n) is 3.29. The molecule has 0 saturated heterocycles. The molecule has 0 aliphatic carbocycles. The summed E-state index contributed by atoms with van der Waals surface area (Å²) in [6, 6.07) is 13.9. The van der Waals surface area contributed by atoms with Crippen molar-refractivity contribution < 1.29 is 0 Å². The number of nitrogens with zero attached hydrogens (tertiary/aromatic N) is 2. The molecule has 0 atom stereocenters. The molecule has 2 heterocycles. The lowest BCUT2D eigenvalue weighted by molar-refractivity contribution is 1.07. The van der Waals surface area contributed by atoms with Crippen LogP contribution in [0.4, 0.5) is 0 Å². The van der Waals surface area contributed by atoms with Crippen LogP contribution in [0.2, 0.25) is 5.15 Å². The molecule has 0 spiro atoms. The predicted molar refractivity (Wildman–Crippen MR) is 78.3 cm³/mol. The predicted octanol–water partition coefficient (Wildman–Crippen LogP) is 3.42. The summed E-state index contributed by atoms with van der Waals surface area (Å²) in [5.74, 6) is 0. The number of imidazole rings is 1. The quantitative estimate of drug-likeness (QED) is 0.726. The second-order valence-corrected chi connectivity index (χ2v) is 4.88. The first-order valence-electron chi connectivity index (χ1n) is 6.13.